The molecule has 0 radical (unpaired) electrons. The zero-order valence-electron chi connectivity index (χ0n) is 20.2. The smallest absolute Gasteiger partial charge is 0.266 e. The molecule has 0 saturated carbocycles. The molecule has 0 spiro atoms. The van der Waals surface area contributed by atoms with E-state index in [1.165, 1.54) is 9.87 Å². The van der Waals surface area contributed by atoms with Crippen LogP contribution in [0.3, 0.4) is 0 Å². The predicted molar refractivity (Wildman–Crippen MR) is 143 cm³/mol. The average molecular weight is 590 g/mol. The Morgan fingerprint density at radius 2 is 1.92 bits per heavy atom. The lowest BCUT2D eigenvalue weighted by Gasteiger charge is -2.35. The first kappa shape index (κ1) is 25.9. The number of nitrogens with zero attached hydrogens (tertiary/aromatic N) is 2. The van der Waals surface area contributed by atoms with E-state index >= 15 is 0 Å². The number of H-pyrrole nitrogens is 1. The van der Waals surface area contributed by atoms with Crippen molar-refractivity contribution in [2.75, 3.05) is 26.2 Å². The van der Waals surface area contributed by atoms with Crippen molar-refractivity contribution in [3.8, 4) is 0 Å². The molecule has 2 aliphatic rings. The van der Waals surface area contributed by atoms with E-state index in [1.54, 1.807) is 18.2 Å². The molecule has 2 aromatic carbocycles. The molecule has 3 aromatic rings. The number of carbonyl (C=O) groups is 2. The number of primary amides is 1. The van der Waals surface area contributed by atoms with Crippen LogP contribution in [0.5, 0.6) is 0 Å². The van der Waals surface area contributed by atoms with Crippen LogP contribution in [0.15, 0.2) is 57.9 Å². The van der Waals surface area contributed by atoms with Crippen LogP contribution in [0, 0.1) is 0 Å². The molecule has 5 rings (SSSR count). The molecule has 1 aromatic heterocycles. The van der Waals surface area contributed by atoms with Crippen LogP contribution in [0.1, 0.15) is 35.3 Å². The van der Waals surface area contributed by atoms with Gasteiger partial charge in [0, 0.05) is 41.1 Å². The second-order valence-corrected chi connectivity index (χ2v) is 12.2. The van der Waals surface area contributed by atoms with Crippen molar-refractivity contribution >= 4 is 48.7 Å². The molecule has 2 atom stereocenters. The van der Waals surface area contributed by atoms with Crippen LogP contribution in [0.4, 0.5) is 0 Å². The zero-order valence-corrected chi connectivity index (χ0v) is 22.6. The van der Waals surface area contributed by atoms with Gasteiger partial charge in [-0.25, -0.2) is 8.42 Å². The number of morpholine rings is 1. The number of aryl methyl sites for hydroxylation is 1. The normalized spacial score (nSPS) is 20.9. The van der Waals surface area contributed by atoms with Gasteiger partial charge in [0.15, 0.2) is 0 Å². The van der Waals surface area contributed by atoms with Gasteiger partial charge in [0.05, 0.1) is 6.61 Å². The van der Waals surface area contributed by atoms with Gasteiger partial charge in [0.2, 0.25) is 10.0 Å². The van der Waals surface area contributed by atoms with E-state index < -0.39 is 22.0 Å². The second kappa shape index (κ2) is 10.6. The van der Waals surface area contributed by atoms with Crippen molar-refractivity contribution in [2.24, 2.45) is 5.73 Å². The van der Waals surface area contributed by atoms with E-state index in [0.29, 0.717) is 21.9 Å². The first-order valence-corrected chi connectivity index (χ1v) is 14.6. The highest BCUT2D eigenvalue weighted by molar-refractivity contribution is 9.10. The number of aromatic nitrogens is 1. The molecule has 2 unspecified atom stereocenters. The fourth-order valence-electron chi connectivity index (χ4n) is 5.29. The number of ether oxygens (including phenoxy) is 1. The van der Waals surface area contributed by atoms with Crippen molar-refractivity contribution < 1.29 is 22.7 Å². The van der Waals surface area contributed by atoms with Crippen LogP contribution < -0.4 is 5.73 Å². The Balaban J connectivity index is 1.36. The summed E-state index contributed by atoms with van der Waals surface area (Å²) in [6.45, 7) is 0.660. The third kappa shape index (κ3) is 5.18. The largest absolute Gasteiger partial charge is 0.366 e. The summed E-state index contributed by atoms with van der Waals surface area (Å²) in [4.78, 5) is 30.2. The SMILES string of the molecule is NC(=O)c1[nH]c2ccc(Br)cc2c1S(=O)(=O)N1CCOC(C(=O)N2CCCC2CCc2ccccc2)C1. The molecule has 2 saturated heterocycles. The van der Waals surface area contributed by atoms with Crippen LogP contribution in [-0.2, 0) is 26.0 Å². The van der Waals surface area contributed by atoms with Crippen LogP contribution in [0.2, 0.25) is 0 Å². The fourth-order valence-corrected chi connectivity index (χ4v) is 7.41. The molecule has 9 nitrogen and oxygen atoms in total. The highest BCUT2D eigenvalue weighted by Gasteiger charge is 2.40. The van der Waals surface area contributed by atoms with Gasteiger partial charge in [0.1, 0.15) is 16.7 Å². The maximum absolute atomic E-state index is 13.8. The van der Waals surface area contributed by atoms with Crippen molar-refractivity contribution in [3.05, 3.63) is 64.3 Å². The molecule has 3 heterocycles. The number of aromatic amines is 1. The van der Waals surface area contributed by atoms with Crippen LogP contribution in [-0.4, -0.2) is 72.8 Å². The van der Waals surface area contributed by atoms with E-state index in [2.05, 4.69) is 33.0 Å². The van der Waals surface area contributed by atoms with Gasteiger partial charge in [-0.2, -0.15) is 4.31 Å². The number of amides is 2. The van der Waals surface area contributed by atoms with Gasteiger partial charge in [-0.15, -0.1) is 0 Å². The van der Waals surface area contributed by atoms with E-state index in [0.717, 1.165) is 25.7 Å². The summed E-state index contributed by atoms with van der Waals surface area (Å²) in [6, 6.07) is 15.3. The quantitative estimate of drug-likeness (QED) is 0.438. The number of fused-ring (bicyclic) bond motifs is 1. The number of likely N-dealkylation sites (tertiary alicyclic amines) is 1. The van der Waals surface area contributed by atoms with Gasteiger partial charge in [-0.1, -0.05) is 46.3 Å². The first-order chi connectivity index (χ1) is 17.8. The van der Waals surface area contributed by atoms with Crippen molar-refractivity contribution in [1.82, 2.24) is 14.2 Å². The maximum atomic E-state index is 13.8. The van der Waals surface area contributed by atoms with E-state index in [-0.39, 0.29) is 42.2 Å². The summed E-state index contributed by atoms with van der Waals surface area (Å²) in [6.07, 6.45) is 2.63. The average Bonchev–Trinajstić information content (AvgIpc) is 3.52. The summed E-state index contributed by atoms with van der Waals surface area (Å²) in [5, 5.41) is 0.359. The lowest BCUT2D eigenvalue weighted by atomic mass is 10.0. The van der Waals surface area contributed by atoms with E-state index in [1.807, 2.05) is 23.1 Å². The highest BCUT2D eigenvalue weighted by Crippen LogP contribution is 2.33. The molecule has 2 fully saturated rings. The van der Waals surface area contributed by atoms with Gasteiger partial charge >= 0.3 is 0 Å². The number of sulfonamides is 1. The van der Waals surface area contributed by atoms with Gasteiger partial charge in [-0.05, 0) is 49.4 Å². The molecular weight excluding hydrogens is 560 g/mol. The molecule has 2 aliphatic heterocycles. The monoisotopic (exact) mass is 588 g/mol. The number of rotatable bonds is 7. The topological polar surface area (TPSA) is 126 Å². The number of hydrogen-bond acceptors (Lipinski definition) is 5. The summed E-state index contributed by atoms with van der Waals surface area (Å²) in [5.74, 6) is -1.06. The number of carbonyl (C=O) groups excluding carboxylic acids is 2. The number of nitrogens with one attached hydrogen (secondary N) is 1. The minimum Gasteiger partial charge on any atom is -0.366 e. The Hall–Kier alpha value is -2.73. The number of benzene rings is 2. The summed E-state index contributed by atoms with van der Waals surface area (Å²) < 4.78 is 35.3. The predicted octanol–water partition coefficient (Wildman–Crippen LogP) is 3.04. The lowest BCUT2D eigenvalue weighted by Crippen LogP contribution is -2.53. The molecule has 196 valence electrons. The van der Waals surface area contributed by atoms with Gasteiger partial charge in [0.25, 0.3) is 11.8 Å². The van der Waals surface area contributed by atoms with Crippen molar-refractivity contribution in [1.29, 1.82) is 0 Å². The third-order valence-corrected chi connectivity index (χ3v) is 9.58. The summed E-state index contributed by atoms with van der Waals surface area (Å²) in [7, 11) is -4.16. The zero-order chi connectivity index (χ0) is 26.2. The summed E-state index contributed by atoms with van der Waals surface area (Å²) in [5.41, 5.74) is 7.07. The Morgan fingerprint density at radius 3 is 2.68 bits per heavy atom. The van der Waals surface area contributed by atoms with Gasteiger partial charge < -0.3 is 20.4 Å². The standard InChI is InChI=1S/C26H29BrN4O5S/c27-18-9-11-21-20(15-18)24(23(29-21)25(28)32)37(34,35)30-13-14-36-22(16-30)26(33)31-12-4-7-19(31)10-8-17-5-2-1-3-6-17/h1-3,5-6,9,11,15,19,22,29H,4,7-8,10,12-14,16H2,(H2,28,32). The Morgan fingerprint density at radius 1 is 1.14 bits per heavy atom. The molecular formula is C26H29BrN4O5S. The van der Waals surface area contributed by atoms with Crippen LogP contribution in [0.25, 0.3) is 10.9 Å². The summed E-state index contributed by atoms with van der Waals surface area (Å²) >= 11 is 3.37. The lowest BCUT2D eigenvalue weighted by molar-refractivity contribution is -0.148. The Kier molecular flexibility index (Phi) is 7.39. The first-order valence-electron chi connectivity index (χ1n) is 12.3. The number of halogens is 1. The molecule has 0 bridgehead atoms. The van der Waals surface area contributed by atoms with Crippen molar-refractivity contribution in [3.63, 3.8) is 0 Å². The third-order valence-electron chi connectivity index (χ3n) is 7.13. The minimum absolute atomic E-state index is 0.0719. The number of hydrogen-bond donors (Lipinski definition) is 2. The van der Waals surface area contributed by atoms with E-state index in [4.69, 9.17) is 10.5 Å². The Bertz CT molecular complexity index is 1430. The maximum Gasteiger partial charge on any atom is 0.266 e. The van der Waals surface area contributed by atoms with Gasteiger partial charge in [-0.3, -0.25) is 9.59 Å². The molecule has 11 heteroatoms. The van der Waals surface area contributed by atoms with Crippen molar-refractivity contribution in [2.45, 2.75) is 42.7 Å². The molecule has 0 aliphatic carbocycles. The number of nitrogens with two attached hydrogens (primary N) is 1. The molecule has 37 heavy (non-hydrogen) atoms. The molecule has 2 amide bonds. The highest BCUT2D eigenvalue weighted by atomic mass is 79.9. The Labute approximate surface area is 224 Å². The molecule has 3 N–H and O–H groups in total. The van der Waals surface area contributed by atoms with E-state index in [9.17, 15) is 18.0 Å². The van der Waals surface area contributed by atoms with Crippen LogP contribution >= 0.6 is 15.9 Å². The minimum atomic E-state index is -4.16. The second-order valence-electron chi connectivity index (χ2n) is 9.46. The fraction of sp³-hybridized carbons (Fsp3) is 0.385.